The number of anilines is 9. The largest absolute Gasteiger partial charge is 0.484 e. The first kappa shape index (κ1) is 39.2. The third-order valence-electron chi connectivity index (χ3n) is 15.8. The third-order valence-corrected chi connectivity index (χ3v) is 15.8. The molecule has 3 atom stereocenters. The van der Waals surface area contributed by atoms with Crippen molar-refractivity contribution in [3.63, 3.8) is 0 Å². The number of allylic oxidation sites excluding steroid dienone is 1. The fraction of sp³-hybridized carbons (Fsp3) is 0.143. The molecule has 328 valence electrons. The first-order valence-electron chi connectivity index (χ1n) is 23.9. The molecule has 0 N–H and O–H groups in total. The molecule has 14 rings (SSSR count). The molecule has 1 aromatic heterocycles. The Bertz CT molecular complexity index is 3610. The van der Waals surface area contributed by atoms with E-state index in [0.29, 0.717) is 0 Å². The van der Waals surface area contributed by atoms with E-state index in [1.165, 1.54) is 44.6 Å². The molecule has 0 bridgehead atoms. The monoisotopic (exact) mass is 879 g/mol. The molecule has 4 heterocycles. The van der Waals surface area contributed by atoms with Crippen LogP contribution in [0.2, 0.25) is 0 Å². The second-order valence-corrected chi connectivity index (χ2v) is 19.9. The molecular weight excluding hydrogens is 831 g/mol. The standard InChI is InChI=1S/C63H49N3O2/c1-39-33-52-60(67-39)62(5)59(34-40(2)68-62)63(52)49-27-14-15-28-53(49)66(57-38-50-47(37-51(57)63)46-25-12-13-26-48(46)61(50,3)4)45-24-18-19-41(35-45)42-31-32-56-58(36-42)65(44-22-10-7-11-23-44)55-30-17-16-29-54(55)64(56)43-20-8-6-9-21-43/h6-38,59H,1-5H3. The molecule has 8 aromatic carbocycles. The number of furan rings is 1. The van der Waals surface area contributed by atoms with Crippen LogP contribution in [0.1, 0.15) is 67.0 Å². The van der Waals surface area contributed by atoms with Crippen LogP contribution in [0, 0.1) is 12.8 Å². The van der Waals surface area contributed by atoms with Gasteiger partial charge in [-0.05, 0) is 156 Å². The molecule has 5 heteroatoms. The van der Waals surface area contributed by atoms with Gasteiger partial charge in [-0.2, -0.15) is 0 Å². The number of aryl methyl sites for hydroxylation is 1. The van der Waals surface area contributed by atoms with Crippen LogP contribution in [0.4, 0.5) is 51.2 Å². The number of hydrogen-bond donors (Lipinski definition) is 0. The zero-order chi connectivity index (χ0) is 45.7. The smallest absolute Gasteiger partial charge is 0.171 e. The number of para-hydroxylation sites is 5. The van der Waals surface area contributed by atoms with E-state index in [1.807, 2.05) is 0 Å². The first-order chi connectivity index (χ1) is 33.2. The van der Waals surface area contributed by atoms with Crippen molar-refractivity contribution >= 4 is 51.2 Å². The van der Waals surface area contributed by atoms with Gasteiger partial charge in [0.1, 0.15) is 5.76 Å². The summed E-state index contributed by atoms with van der Waals surface area (Å²) in [5.41, 5.74) is 20.0. The van der Waals surface area contributed by atoms with Crippen LogP contribution in [0.25, 0.3) is 22.3 Å². The Morgan fingerprint density at radius 3 is 1.74 bits per heavy atom. The molecule has 5 aliphatic rings. The minimum absolute atomic E-state index is 0.0379. The third kappa shape index (κ3) is 5.05. The van der Waals surface area contributed by atoms with Crippen LogP contribution in [0.3, 0.4) is 0 Å². The second kappa shape index (κ2) is 13.8. The molecule has 3 aliphatic heterocycles. The van der Waals surface area contributed by atoms with E-state index in [2.05, 4.69) is 250 Å². The van der Waals surface area contributed by atoms with E-state index in [1.54, 1.807) is 0 Å². The quantitative estimate of drug-likeness (QED) is 0.176. The summed E-state index contributed by atoms with van der Waals surface area (Å²) in [5, 5.41) is 0. The van der Waals surface area contributed by atoms with E-state index >= 15 is 0 Å². The van der Waals surface area contributed by atoms with Crippen molar-refractivity contribution < 1.29 is 9.15 Å². The maximum atomic E-state index is 6.90. The van der Waals surface area contributed by atoms with Crippen LogP contribution in [0.15, 0.2) is 210 Å². The van der Waals surface area contributed by atoms with Crippen molar-refractivity contribution in [2.24, 2.45) is 5.92 Å². The van der Waals surface area contributed by atoms with Crippen molar-refractivity contribution in [3.05, 3.63) is 245 Å². The van der Waals surface area contributed by atoms with E-state index < -0.39 is 11.0 Å². The number of nitrogens with zero attached hydrogens (tertiary/aromatic N) is 3. The van der Waals surface area contributed by atoms with E-state index in [-0.39, 0.29) is 11.3 Å². The maximum Gasteiger partial charge on any atom is 0.171 e. The molecular formula is C63H49N3O2. The number of fused-ring (bicyclic) bond motifs is 14. The van der Waals surface area contributed by atoms with E-state index in [4.69, 9.17) is 9.15 Å². The van der Waals surface area contributed by atoms with Gasteiger partial charge < -0.3 is 23.9 Å². The molecule has 0 radical (unpaired) electrons. The Labute approximate surface area is 397 Å². The van der Waals surface area contributed by atoms with Gasteiger partial charge >= 0.3 is 0 Å². The van der Waals surface area contributed by atoms with Gasteiger partial charge in [-0.3, -0.25) is 0 Å². The molecule has 3 unspecified atom stereocenters. The molecule has 68 heavy (non-hydrogen) atoms. The summed E-state index contributed by atoms with van der Waals surface area (Å²) in [6.45, 7) is 11.2. The molecule has 0 amide bonds. The predicted molar refractivity (Wildman–Crippen MR) is 276 cm³/mol. The highest BCUT2D eigenvalue weighted by Gasteiger charge is 2.67. The Morgan fingerprint density at radius 2 is 1.00 bits per heavy atom. The van der Waals surface area contributed by atoms with Gasteiger partial charge in [0.15, 0.2) is 11.4 Å². The van der Waals surface area contributed by atoms with Crippen molar-refractivity contribution in [2.45, 2.75) is 51.0 Å². The van der Waals surface area contributed by atoms with E-state index in [9.17, 15) is 0 Å². The summed E-state index contributed by atoms with van der Waals surface area (Å²) in [7, 11) is 0. The number of rotatable bonds is 4. The zero-order valence-corrected chi connectivity index (χ0v) is 38.8. The summed E-state index contributed by atoms with van der Waals surface area (Å²) in [5.74, 6) is 2.72. The number of hydrogen-bond acceptors (Lipinski definition) is 5. The van der Waals surface area contributed by atoms with Gasteiger partial charge in [0, 0.05) is 34.0 Å². The average molecular weight is 880 g/mol. The summed E-state index contributed by atoms with van der Waals surface area (Å²) >= 11 is 0. The lowest BCUT2D eigenvalue weighted by Gasteiger charge is -2.47. The Morgan fingerprint density at radius 1 is 0.412 bits per heavy atom. The second-order valence-electron chi connectivity index (χ2n) is 19.9. The molecule has 0 saturated carbocycles. The molecule has 9 aromatic rings. The molecule has 2 aliphatic carbocycles. The van der Waals surface area contributed by atoms with Crippen molar-refractivity contribution in [1.29, 1.82) is 0 Å². The number of benzene rings is 8. The summed E-state index contributed by atoms with van der Waals surface area (Å²) in [4.78, 5) is 7.35. The highest BCUT2D eigenvalue weighted by Crippen LogP contribution is 2.70. The van der Waals surface area contributed by atoms with Gasteiger partial charge in [-0.25, -0.2) is 0 Å². The van der Waals surface area contributed by atoms with Gasteiger partial charge in [0.05, 0.1) is 45.3 Å². The highest BCUT2D eigenvalue weighted by molar-refractivity contribution is 6.03. The van der Waals surface area contributed by atoms with Gasteiger partial charge in [0.2, 0.25) is 0 Å². The van der Waals surface area contributed by atoms with E-state index in [0.717, 1.165) is 73.9 Å². The van der Waals surface area contributed by atoms with Gasteiger partial charge in [-0.15, -0.1) is 0 Å². The van der Waals surface area contributed by atoms with Crippen LogP contribution >= 0.6 is 0 Å². The van der Waals surface area contributed by atoms with Gasteiger partial charge in [-0.1, -0.05) is 123 Å². The predicted octanol–water partition coefficient (Wildman–Crippen LogP) is 16.7. The molecule has 1 spiro atoms. The molecule has 0 saturated heterocycles. The Kier molecular flexibility index (Phi) is 7.93. The van der Waals surface area contributed by atoms with Crippen molar-refractivity contribution in [3.8, 4) is 22.3 Å². The Hall–Kier alpha value is -8.02. The summed E-state index contributed by atoms with van der Waals surface area (Å²) < 4.78 is 13.7. The lowest BCUT2D eigenvalue weighted by atomic mass is 9.60. The minimum atomic E-state index is -0.674. The highest BCUT2D eigenvalue weighted by atomic mass is 16.5. The average Bonchev–Trinajstić information content (AvgIpc) is 4.04. The molecule has 5 nitrogen and oxygen atoms in total. The van der Waals surface area contributed by atoms with Crippen LogP contribution in [0.5, 0.6) is 0 Å². The maximum absolute atomic E-state index is 6.90. The topological polar surface area (TPSA) is 32.1 Å². The minimum Gasteiger partial charge on any atom is -0.484 e. The SMILES string of the molecule is CC1=CC2C(C)(O1)c1oc(C)cc1C21c2ccccc2N(c2cccc(-c3ccc4c(c3)N(c3ccccc3)c3ccccc3N4c3ccccc3)c2)c2cc3c(cc21)-c1ccccc1C3(C)C. The van der Waals surface area contributed by atoms with Crippen LogP contribution < -0.4 is 14.7 Å². The van der Waals surface area contributed by atoms with Gasteiger partial charge in [0.25, 0.3) is 0 Å². The zero-order valence-electron chi connectivity index (χ0n) is 38.8. The summed E-state index contributed by atoms with van der Waals surface area (Å²) in [6, 6.07) is 71.8. The Balaban J connectivity index is 0.996. The summed E-state index contributed by atoms with van der Waals surface area (Å²) in [6.07, 6.45) is 2.37. The van der Waals surface area contributed by atoms with Crippen molar-refractivity contribution in [1.82, 2.24) is 0 Å². The normalized spacial score (nSPS) is 20.6. The lowest BCUT2D eigenvalue weighted by molar-refractivity contribution is -0.00998. The number of ether oxygens (including phenoxy) is 1. The fourth-order valence-corrected chi connectivity index (χ4v) is 13.0. The lowest BCUT2D eigenvalue weighted by Crippen LogP contribution is -2.43. The van der Waals surface area contributed by atoms with Crippen LogP contribution in [-0.2, 0) is 21.2 Å². The first-order valence-corrected chi connectivity index (χ1v) is 23.9. The van der Waals surface area contributed by atoms with Crippen molar-refractivity contribution in [2.75, 3.05) is 14.7 Å². The fourth-order valence-electron chi connectivity index (χ4n) is 13.0. The van der Waals surface area contributed by atoms with Crippen LogP contribution in [-0.4, -0.2) is 0 Å². The molecule has 0 fully saturated rings.